The Morgan fingerprint density at radius 3 is 2.90 bits per heavy atom. The zero-order valence-electron chi connectivity index (χ0n) is 17.6. The molecule has 1 atom stereocenters. The van der Waals surface area contributed by atoms with Gasteiger partial charge >= 0.3 is 0 Å². The van der Waals surface area contributed by atoms with Gasteiger partial charge in [-0.3, -0.25) is 15.0 Å². The summed E-state index contributed by atoms with van der Waals surface area (Å²) in [5.41, 5.74) is 4.23. The summed E-state index contributed by atoms with van der Waals surface area (Å²) in [6, 6.07) is 6.21. The Balaban J connectivity index is 1.32. The van der Waals surface area contributed by atoms with Crippen LogP contribution in [0.3, 0.4) is 0 Å². The number of anilines is 1. The average Bonchev–Trinajstić information content (AvgIpc) is 3.46. The van der Waals surface area contributed by atoms with Crippen molar-refractivity contribution >= 4 is 22.4 Å². The molecule has 1 aliphatic carbocycles. The third-order valence-electron chi connectivity index (χ3n) is 6.12. The minimum atomic E-state index is -0.288. The second-order valence-corrected chi connectivity index (χ2v) is 9.45. The molecule has 3 aromatic rings. The van der Waals surface area contributed by atoms with Crippen LogP contribution in [-0.4, -0.2) is 38.7 Å². The van der Waals surface area contributed by atoms with E-state index in [0.29, 0.717) is 10.8 Å². The number of fused-ring (bicyclic) bond motifs is 1. The maximum Gasteiger partial charge on any atom is 0.278 e. The summed E-state index contributed by atoms with van der Waals surface area (Å²) >= 11 is 1.45. The number of carbonyl (C=O) groups is 1. The van der Waals surface area contributed by atoms with Crippen molar-refractivity contribution < 1.29 is 9.18 Å². The molecule has 1 unspecified atom stereocenters. The van der Waals surface area contributed by atoms with Crippen molar-refractivity contribution in [2.45, 2.75) is 45.6 Å². The van der Waals surface area contributed by atoms with Gasteiger partial charge in [-0.1, -0.05) is 6.92 Å². The average molecular weight is 440 g/mol. The molecule has 0 bridgehead atoms. The van der Waals surface area contributed by atoms with Crippen molar-refractivity contribution in [3.63, 3.8) is 0 Å². The third-order valence-corrected chi connectivity index (χ3v) is 6.92. The highest BCUT2D eigenvalue weighted by molar-refractivity contribution is 7.13. The van der Waals surface area contributed by atoms with Crippen LogP contribution in [0.15, 0.2) is 29.6 Å². The number of benzene rings is 1. The van der Waals surface area contributed by atoms with E-state index in [1.807, 2.05) is 5.38 Å². The summed E-state index contributed by atoms with van der Waals surface area (Å²) < 4.78 is 15.1. The van der Waals surface area contributed by atoms with Gasteiger partial charge < -0.3 is 0 Å². The molecule has 0 radical (unpaired) electrons. The number of nitrogens with one attached hydrogen (secondary N) is 1. The van der Waals surface area contributed by atoms with Crippen LogP contribution in [0.2, 0.25) is 0 Å². The van der Waals surface area contributed by atoms with E-state index in [4.69, 9.17) is 0 Å². The van der Waals surface area contributed by atoms with E-state index in [1.165, 1.54) is 36.3 Å². The van der Waals surface area contributed by atoms with E-state index in [9.17, 15) is 9.18 Å². The van der Waals surface area contributed by atoms with Crippen LogP contribution in [0.5, 0.6) is 0 Å². The Bertz CT molecular complexity index is 1090. The number of amides is 1. The summed E-state index contributed by atoms with van der Waals surface area (Å²) in [4.78, 5) is 20.1. The fourth-order valence-corrected chi connectivity index (χ4v) is 5.36. The van der Waals surface area contributed by atoms with E-state index in [2.05, 4.69) is 27.2 Å². The monoisotopic (exact) mass is 439 g/mol. The molecule has 1 amide bonds. The predicted octanol–water partition coefficient (Wildman–Crippen LogP) is 4.44. The zero-order chi connectivity index (χ0) is 21.4. The quantitative estimate of drug-likeness (QED) is 0.638. The number of likely N-dealkylation sites (tertiary alicyclic amines) is 1. The smallest absolute Gasteiger partial charge is 0.278 e. The Kier molecular flexibility index (Phi) is 5.58. The SMILES string of the molecule is CC1CCCN(Cc2csc(NC(=O)c3nn(-c4ccc(F)cc4)c4c3CCC4)n2)C1. The van der Waals surface area contributed by atoms with Gasteiger partial charge in [0.25, 0.3) is 5.91 Å². The van der Waals surface area contributed by atoms with Crippen molar-refractivity contribution in [2.24, 2.45) is 5.92 Å². The van der Waals surface area contributed by atoms with E-state index in [-0.39, 0.29) is 11.7 Å². The van der Waals surface area contributed by atoms with Gasteiger partial charge in [0, 0.05) is 29.7 Å². The number of thiazole rings is 1. The number of halogens is 1. The van der Waals surface area contributed by atoms with Crippen molar-refractivity contribution in [3.8, 4) is 5.69 Å². The van der Waals surface area contributed by atoms with Gasteiger partial charge in [0.2, 0.25) is 0 Å². The van der Waals surface area contributed by atoms with Crippen molar-refractivity contribution in [3.05, 3.63) is 58.1 Å². The molecule has 1 aliphatic heterocycles. The first-order valence-electron chi connectivity index (χ1n) is 10.9. The molecule has 5 rings (SSSR count). The van der Waals surface area contributed by atoms with Crippen molar-refractivity contribution in [1.82, 2.24) is 19.7 Å². The molecule has 8 heteroatoms. The molecule has 1 fully saturated rings. The Labute approximate surface area is 185 Å². The number of piperidine rings is 1. The highest BCUT2D eigenvalue weighted by atomic mass is 32.1. The number of hydrogen-bond acceptors (Lipinski definition) is 5. The zero-order valence-corrected chi connectivity index (χ0v) is 18.4. The fraction of sp³-hybridized carbons (Fsp3) is 0.435. The molecule has 2 aromatic heterocycles. The lowest BCUT2D eigenvalue weighted by Gasteiger charge is -2.30. The first-order chi connectivity index (χ1) is 15.1. The Hall–Kier alpha value is -2.58. The van der Waals surface area contributed by atoms with Gasteiger partial charge in [0.1, 0.15) is 5.82 Å². The van der Waals surface area contributed by atoms with Crippen LogP contribution in [0.4, 0.5) is 9.52 Å². The number of carbonyl (C=O) groups excluding carboxylic acids is 1. The predicted molar refractivity (Wildman–Crippen MR) is 119 cm³/mol. The topological polar surface area (TPSA) is 63.1 Å². The van der Waals surface area contributed by atoms with Crippen molar-refractivity contribution in [2.75, 3.05) is 18.4 Å². The maximum atomic E-state index is 13.3. The maximum absolute atomic E-state index is 13.3. The number of hydrogen-bond donors (Lipinski definition) is 1. The standard InChI is InChI=1S/C23H26FN5OS/c1-15-4-3-11-28(12-15)13-17-14-31-23(25-17)26-22(30)21-19-5-2-6-20(19)29(27-21)18-9-7-16(24)8-10-18/h7-10,14-15H,2-6,11-13H2,1H3,(H,25,26,30). The van der Waals surface area contributed by atoms with Gasteiger partial charge in [-0.2, -0.15) is 5.10 Å². The molecule has 162 valence electrons. The molecular formula is C23H26FN5OS. The second kappa shape index (κ2) is 8.51. The lowest BCUT2D eigenvalue weighted by atomic mass is 10.0. The summed E-state index contributed by atoms with van der Waals surface area (Å²) in [5, 5.41) is 10.2. The minimum Gasteiger partial charge on any atom is -0.297 e. The largest absolute Gasteiger partial charge is 0.297 e. The molecule has 1 aromatic carbocycles. The summed E-state index contributed by atoms with van der Waals surface area (Å²) in [6.45, 7) is 5.33. The molecule has 0 saturated carbocycles. The van der Waals surface area contributed by atoms with Gasteiger partial charge in [-0.25, -0.2) is 14.1 Å². The molecule has 31 heavy (non-hydrogen) atoms. The van der Waals surface area contributed by atoms with Gasteiger partial charge in [0.15, 0.2) is 10.8 Å². The molecule has 1 saturated heterocycles. The molecule has 3 heterocycles. The van der Waals surface area contributed by atoms with Gasteiger partial charge in [-0.05, 0) is 68.8 Å². The van der Waals surface area contributed by atoms with E-state index >= 15 is 0 Å². The Morgan fingerprint density at radius 2 is 2.10 bits per heavy atom. The minimum absolute atomic E-state index is 0.230. The number of nitrogens with zero attached hydrogens (tertiary/aromatic N) is 4. The van der Waals surface area contributed by atoms with Crippen LogP contribution in [-0.2, 0) is 19.4 Å². The molecule has 0 spiro atoms. The second-order valence-electron chi connectivity index (χ2n) is 8.60. The lowest BCUT2D eigenvalue weighted by Crippen LogP contribution is -2.33. The molecule has 6 nitrogen and oxygen atoms in total. The summed E-state index contributed by atoms with van der Waals surface area (Å²) in [7, 11) is 0. The third kappa shape index (κ3) is 4.27. The first kappa shape index (κ1) is 20.3. The molecular weight excluding hydrogens is 413 g/mol. The van der Waals surface area contributed by atoms with E-state index in [0.717, 1.165) is 67.5 Å². The summed E-state index contributed by atoms with van der Waals surface area (Å²) in [6.07, 6.45) is 5.21. The van der Waals surface area contributed by atoms with Crippen LogP contribution in [0.25, 0.3) is 5.69 Å². The first-order valence-corrected chi connectivity index (χ1v) is 11.8. The number of aromatic nitrogens is 3. The highest BCUT2D eigenvalue weighted by Gasteiger charge is 2.27. The normalized spacial score (nSPS) is 18.8. The number of rotatable bonds is 5. The van der Waals surface area contributed by atoms with Gasteiger partial charge in [-0.15, -0.1) is 11.3 Å². The molecule has 2 aliphatic rings. The summed E-state index contributed by atoms with van der Waals surface area (Å²) in [5.74, 6) is 0.209. The Morgan fingerprint density at radius 1 is 1.26 bits per heavy atom. The van der Waals surface area contributed by atoms with Crippen LogP contribution < -0.4 is 5.32 Å². The van der Waals surface area contributed by atoms with Crippen LogP contribution in [0, 0.1) is 11.7 Å². The van der Waals surface area contributed by atoms with E-state index in [1.54, 1.807) is 16.8 Å². The lowest BCUT2D eigenvalue weighted by molar-refractivity contribution is 0.102. The van der Waals surface area contributed by atoms with Gasteiger partial charge in [0.05, 0.1) is 11.4 Å². The van der Waals surface area contributed by atoms with Crippen LogP contribution >= 0.6 is 11.3 Å². The van der Waals surface area contributed by atoms with Crippen molar-refractivity contribution in [1.29, 1.82) is 0 Å². The van der Waals surface area contributed by atoms with Crippen LogP contribution in [0.1, 0.15) is 53.6 Å². The molecule has 1 N–H and O–H groups in total. The fourth-order valence-electron chi connectivity index (χ4n) is 4.67. The highest BCUT2D eigenvalue weighted by Crippen LogP contribution is 2.29. The van der Waals surface area contributed by atoms with E-state index < -0.39 is 0 Å².